The summed E-state index contributed by atoms with van der Waals surface area (Å²) < 4.78 is 0. The molecule has 0 aromatic carbocycles. The van der Waals surface area contributed by atoms with Gasteiger partial charge in [-0.2, -0.15) is 0 Å². The Balaban J connectivity index is 2.25. The quantitative estimate of drug-likeness (QED) is 0.775. The highest BCUT2D eigenvalue weighted by Crippen LogP contribution is 2.26. The van der Waals surface area contributed by atoms with Gasteiger partial charge in [-0.3, -0.25) is 4.79 Å². The van der Waals surface area contributed by atoms with Crippen molar-refractivity contribution in [2.45, 2.75) is 65.3 Å². The van der Waals surface area contributed by atoms with Gasteiger partial charge >= 0.3 is 0 Å². The number of carbonyl (C=O) groups is 1. The minimum absolute atomic E-state index is 0.200. The van der Waals surface area contributed by atoms with Crippen LogP contribution in [0.5, 0.6) is 0 Å². The maximum absolute atomic E-state index is 11.8. The molecule has 0 radical (unpaired) electrons. The molecule has 1 aliphatic carbocycles. The second-order valence-electron chi connectivity index (χ2n) is 6.29. The van der Waals surface area contributed by atoms with E-state index in [4.69, 9.17) is 5.73 Å². The molecule has 1 amide bonds. The number of amides is 1. The van der Waals surface area contributed by atoms with E-state index in [0.29, 0.717) is 18.4 Å². The summed E-state index contributed by atoms with van der Waals surface area (Å²) in [5.74, 6) is 0.703. The van der Waals surface area contributed by atoms with Crippen molar-refractivity contribution in [3.05, 3.63) is 0 Å². The van der Waals surface area contributed by atoms with Crippen molar-refractivity contribution in [3.8, 4) is 0 Å². The summed E-state index contributed by atoms with van der Waals surface area (Å²) in [6.07, 6.45) is 6.23. The van der Waals surface area contributed by atoms with E-state index in [1.807, 2.05) is 0 Å². The van der Waals surface area contributed by atoms with Crippen molar-refractivity contribution in [3.63, 3.8) is 0 Å². The fraction of sp³-hybridized carbons (Fsp3) is 0.929. The molecule has 2 unspecified atom stereocenters. The van der Waals surface area contributed by atoms with Gasteiger partial charge in [0, 0.05) is 19.0 Å². The maximum Gasteiger partial charge on any atom is 0.220 e. The third-order valence-corrected chi connectivity index (χ3v) is 4.02. The van der Waals surface area contributed by atoms with E-state index >= 15 is 0 Å². The van der Waals surface area contributed by atoms with Crippen molar-refractivity contribution in [1.29, 1.82) is 0 Å². The van der Waals surface area contributed by atoms with Crippen LogP contribution in [0, 0.1) is 11.3 Å². The van der Waals surface area contributed by atoms with Crippen molar-refractivity contribution in [2.24, 2.45) is 17.1 Å². The number of nitrogens with one attached hydrogen (secondary N) is 1. The zero-order chi connectivity index (χ0) is 12.9. The van der Waals surface area contributed by atoms with Gasteiger partial charge in [0.25, 0.3) is 0 Å². The van der Waals surface area contributed by atoms with Crippen molar-refractivity contribution >= 4 is 5.91 Å². The van der Waals surface area contributed by atoms with Gasteiger partial charge in [0.15, 0.2) is 0 Å². The van der Waals surface area contributed by atoms with Crippen LogP contribution in [0.1, 0.15) is 59.3 Å². The van der Waals surface area contributed by atoms with Crippen molar-refractivity contribution in [1.82, 2.24) is 5.32 Å². The van der Waals surface area contributed by atoms with Crippen LogP contribution in [0.15, 0.2) is 0 Å². The van der Waals surface area contributed by atoms with Gasteiger partial charge in [-0.05, 0) is 37.0 Å². The highest BCUT2D eigenvalue weighted by atomic mass is 16.1. The van der Waals surface area contributed by atoms with Gasteiger partial charge in [0.1, 0.15) is 0 Å². The Morgan fingerprint density at radius 3 is 2.71 bits per heavy atom. The molecule has 0 spiro atoms. The standard InChI is InChI=1S/C14H28N2O/c1-4-14(2,3)10-16-13(17)9-11-6-5-7-12(15)8-11/h11-12H,4-10,15H2,1-3H3,(H,16,17). The first-order chi connectivity index (χ1) is 7.93. The number of nitrogens with two attached hydrogens (primary N) is 1. The maximum atomic E-state index is 11.8. The molecule has 0 aromatic heterocycles. The lowest BCUT2D eigenvalue weighted by molar-refractivity contribution is -0.122. The third-order valence-electron chi connectivity index (χ3n) is 4.02. The molecule has 17 heavy (non-hydrogen) atoms. The van der Waals surface area contributed by atoms with Gasteiger partial charge in [-0.25, -0.2) is 0 Å². The molecule has 1 fully saturated rings. The summed E-state index contributed by atoms with van der Waals surface area (Å²) in [4.78, 5) is 11.8. The van der Waals surface area contributed by atoms with Gasteiger partial charge in [-0.15, -0.1) is 0 Å². The fourth-order valence-electron chi connectivity index (χ4n) is 2.32. The molecule has 0 aliphatic heterocycles. The molecule has 0 aromatic rings. The van der Waals surface area contributed by atoms with E-state index < -0.39 is 0 Å². The van der Waals surface area contributed by atoms with Crippen LogP contribution in [0.25, 0.3) is 0 Å². The molecule has 100 valence electrons. The predicted molar refractivity (Wildman–Crippen MR) is 71.6 cm³/mol. The molecule has 2 atom stereocenters. The third kappa shape index (κ3) is 5.53. The minimum Gasteiger partial charge on any atom is -0.356 e. The summed E-state index contributed by atoms with van der Waals surface area (Å²) in [5, 5.41) is 3.06. The lowest BCUT2D eigenvalue weighted by Crippen LogP contribution is -2.36. The molecule has 3 N–H and O–H groups in total. The Morgan fingerprint density at radius 2 is 2.12 bits per heavy atom. The molecule has 1 aliphatic rings. The topological polar surface area (TPSA) is 55.1 Å². The summed E-state index contributed by atoms with van der Waals surface area (Å²) >= 11 is 0. The Bertz CT molecular complexity index is 251. The molecule has 0 heterocycles. The number of rotatable bonds is 5. The van der Waals surface area contributed by atoms with Crippen LogP contribution in [0.4, 0.5) is 0 Å². The lowest BCUT2D eigenvalue weighted by atomic mass is 9.84. The summed E-state index contributed by atoms with van der Waals surface area (Å²) in [5.41, 5.74) is 6.14. The van der Waals surface area contributed by atoms with E-state index in [2.05, 4.69) is 26.1 Å². The first-order valence-electron chi connectivity index (χ1n) is 6.95. The Kier molecular flexibility index (Phi) is 5.44. The van der Waals surface area contributed by atoms with Crippen molar-refractivity contribution < 1.29 is 4.79 Å². The fourth-order valence-corrected chi connectivity index (χ4v) is 2.32. The van der Waals surface area contributed by atoms with Crippen LogP contribution in [-0.2, 0) is 4.79 Å². The van der Waals surface area contributed by atoms with Gasteiger partial charge < -0.3 is 11.1 Å². The van der Waals surface area contributed by atoms with Crippen LogP contribution >= 0.6 is 0 Å². The molecule has 0 bridgehead atoms. The van der Waals surface area contributed by atoms with Crippen LogP contribution in [-0.4, -0.2) is 18.5 Å². The second-order valence-corrected chi connectivity index (χ2v) is 6.29. The van der Waals surface area contributed by atoms with Gasteiger partial charge in [0.2, 0.25) is 5.91 Å². The lowest BCUT2D eigenvalue weighted by Gasteiger charge is -2.27. The highest BCUT2D eigenvalue weighted by Gasteiger charge is 2.22. The molecule has 1 saturated carbocycles. The Labute approximate surface area is 106 Å². The van der Waals surface area contributed by atoms with Gasteiger partial charge in [-0.1, -0.05) is 27.2 Å². The molecular weight excluding hydrogens is 212 g/mol. The predicted octanol–water partition coefficient (Wildman–Crippen LogP) is 2.45. The summed E-state index contributed by atoms with van der Waals surface area (Å²) in [6, 6.07) is 0.314. The first-order valence-corrected chi connectivity index (χ1v) is 6.95. The minimum atomic E-state index is 0.200. The SMILES string of the molecule is CCC(C)(C)CNC(=O)CC1CCCC(N)C1. The van der Waals surface area contributed by atoms with Crippen LogP contribution < -0.4 is 11.1 Å². The van der Waals surface area contributed by atoms with Crippen LogP contribution in [0.3, 0.4) is 0 Å². The largest absolute Gasteiger partial charge is 0.356 e. The average molecular weight is 240 g/mol. The molecule has 1 rings (SSSR count). The summed E-state index contributed by atoms with van der Waals surface area (Å²) in [6.45, 7) is 7.31. The van der Waals surface area contributed by atoms with E-state index in [1.165, 1.54) is 6.42 Å². The molecule has 3 heteroatoms. The van der Waals surface area contributed by atoms with E-state index in [9.17, 15) is 4.79 Å². The monoisotopic (exact) mass is 240 g/mol. The van der Waals surface area contributed by atoms with Crippen LogP contribution in [0.2, 0.25) is 0 Å². The van der Waals surface area contributed by atoms with E-state index in [1.54, 1.807) is 0 Å². The smallest absolute Gasteiger partial charge is 0.220 e. The van der Waals surface area contributed by atoms with E-state index in [-0.39, 0.29) is 11.3 Å². The number of carbonyl (C=O) groups excluding carboxylic acids is 1. The highest BCUT2D eigenvalue weighted by molar-refractivity contribution is 5.76. The molecule has 3 nitrogen and oxygen atoms in total. The zero-order valence-corrected chi connectivity index (χ0v) is 11.6. The van der Waals surface area contributed by atoms with Crippen molar-refractivity contribution in [2.75, 3.05) is 6.54 Å². The second kappa shape index (κ2) is 6.39. The number of hydrogen-bond donors (Lipinski definition) is 2. The zero-order valence-electron chi connectivity index (χ0n) is 11.6. The van der Waals surface area contributed by atoms with E-state index in [0.717, 1.165) is 32.2 Å². The Morgan fingerprint density at radius 1 is 1.41 bits per heavy atom. The number of hydrogen-bond acceptors (Lipinski definition) is 2. The normalized spacial score (nSPS) is 25.6. The first kappa shape index (κ1) is 14.5. The van der Waals surface area contributed by atoms with Gasteiger partial charge in [0.05, 0.1) is 0 Å². The molecule has 0 saturated heterocycles. The summed E-state index contributed by atoms with van der Waals surface area (Å²) in [7, 11) is 0. The average Bonchev–Trinajstić information content (AvgIpc) is 2.27. The Hall–Kier alpha value is -0.570. The molecular formula is C14H28N2O.